The van der Waals surface area contributed by atoms with Gasteiger partial charge in [-0.05, 0) is 31.7 Å². The predicted octanol–water partition coefficient (Wildman–Crippen LogP) is 3.16. The lowest BCUT2D eigenvalue weighted by atomic mass is 9.94. The molecular formula is C17H31NO3. The van der Waals surface area contributed by atoms with Crippen molar-refractivity contribution in [1.29, 1.82) is 0 Å². The van der Waals surface area contributed by atoms with Crippen molar-refractivity contribution in [2.24, 2.45) is 11.8 Å². The maximum Gasteiger partial charge on any atom is 0.310 e. The minimum absolute atomic E-state index is 0.0697. The fourth-order valence-corrected chi connectivity index (χ4v) is 4.26. The summed E-state index contributed by atoms with van der Waals surface area (Å²) in [4.78, 5) is 13.8. The second-order valence-corrected chi connectivity index (χ2v) is 6.70. The lowest BCUT2D eigenvalue weighted by Crippen LogP contribution is -2.48. The van der Waals surface area contributed by atoms with Crippen molar-refractivity contribution >= 4 is 5.97 Å². The maximum absolute atomic E-state index is 11.4. The van der Waals surface area contributed by atoms with Crippen molar-refractivity contribution in [2.45, 2.75) is 70.9 Å². The van der Waals surface area contributed by atoms with Gasteiger partial charge in [-0.25, -0.2) is 0 Å². The zero-order chi connectivity index (χ0) is 15.2. The number of carboxylic acids is 1. The van der Waals surface area contributed by atoms with Gasteiger partial charge in [0.05, 0.1) is 19.1 Å². The fourth-order valence-electron chi connectivity index (χ4n) is 4.26. The monoisotopic (exact) mass is 297 g/mol. The molecule has 4 atom stereocenters. The van der Waals surface area contributed by atoms with E-state index >= 15 is 0 Å². The van der Waals surface area contributed by atoms with Crippen molar-refractivity contribution in [1.82, 2.24) is 4.90 Å². The topological polar surface area (TPSA) is 49.8 Å². The molecule has 1 aliphatic heterocycles. The van der Waals surface area contributed by atoms with Gasteiger partial charge in [0.25, 0.3) is 0 Å². The Balaban J connectivity index is 1.98. The van der Waals surface area contributed by atoms with Crippen LogP contribution in [0.3, 0.4) is 0 Å². The molecule has 0 radical (unpaired) electrons. The van der Waals surface area contributed by atoms with E-state index in [0.29, 0.717) is 19.3 Å². The van der Waals surface area contributed by atoms with Gasteiger partial charge in [-0.3, -0.25) is 9.69 Å². The van der Waals surface area contributed by atoms with Crippen LogP contribution in [0.5, 0.6) is 0 Å². The van der Waals surface area contributed by atoms with Crippen molar-refractivity contribution in [3.8, 4) is 0 Å². The third-order valence-electron chi connectivity index (χ3n) is 5.38. The highest BCUT2D eigenvalue weighted by molar-refractivity contribution is 5.71. The number of nitrogens with zero attached hydrogens (tertiary/aromatic N) is 1. The molecule has 4 heteroatoms. The molecule has 0 aromatic carbocycles. The highest BCUT2D eigenvalue weighted by atomic mass is 16.5. The summed E-state index contributed by atoms with van der Waals surface area (Å²) in [6, 6.07) is 0.616. The molecule has 1 N–H and O–H groups in total. The van der Waals surface area contributed by atoms with E-state index in [2.05, 4.69) is 18.7 Å². The minimum Gasteiger partial charge on any atom is -0.481 e. The van der Waals surface area contributed by atoms with E-state index in [-0.39, 0.29) is 12.0 Å². The predicted molar refractivity (Wildman–Crippen MR) is 83.4 cm³/mol. The van der Waals surface area contributed by atoms with E-state index in [9.17, 15) is 9.90 Å². The molecule has 21 heavy (non-hydrogen) atoms. The molecule has 0 amide bonds. The summed E-state index contributed by atoms with van der Waals surface area (Å²) < 4.78 is 5.47. The van der Waals surface area contributed by atoms with Gasteiger partial charge in [-0.1, -0.05) is 39.5 Å². The maximum atomic E-state index is 11.4. The Morgan fingerprint density at radius 3 is 2.67 bits per heavy atom. The first kappa shape index (κ1) is 16.8. The summed E-state index contributed by atoms with van der Waals surface area (Å²) in [6.45, 7) is 6.32. The van der Waals surface area contributed by atoms with Gasteiger partial charge < -0.3 is 9.84 Å². The third kappa shape index (κ3) is 4.19. The lowest BCUT2D eigenvalue weighted by Gasteiger charge is -2.36. The summed E-state index contributed by atoms with van der Waals surface area (Å²) in [5.74, 6) is -0.165. The number of rotatable bonds is 6. The van der Waals surface area contributed by atoms with Crippen LogP contribution in [-0.4, -0.2) is 47.8 Å². The van der Waals surface area contributed by atoms with Gasteiger partial charge in [-0.2, -0.15) is 0 Å². The van der Waals surface area contributed by atoms with Crippen molar-refractivity contribution in [3.05, 3.63) is 0 Å². The number of carbonyl (C=O) groups is 1. The number of hydrogen-bond acceptors (Lipinski definition) is 3. The van der Waals surface area contributed by atoms with Crippen LogP contribution in [0.15, 0.2) is 0 Å². The van der Waals surface area contributed by atoms with Gasteiger partial charge in [0, 0.05) is 12.1 Å². The normalized spacial score (nSPS) is 34.0. The Bertz CT molecular complexity index is 334. The van der Waals surface area contributed by atoms with Gasteiger partial charge in [0.1, 0.15) is 0 Å². The number of hydrogen-bond donors (Lipinski definition) is 1. The molecule has 1 saturated heterocycles. The van der Waals surface area contributed by atoms with Gasteiger partial charge in [0.2, 0.25) is 0 Å². The number of likely N-dealkylation sites (N-methyl/N-ethyl adjacent to an activating group) is 1. The molecule has 4 unspecified atom stereocenters. The zero-order valence-electron chi connectivity index (χ0n) is 13.6. The second-order valence-electron chi connectivity index (χ2n) is 6.70. The largest absolute Gasteiger partial charge is 0.481 e. The molecule has 2 aliphatic rings. The smallest absolute Gasteiger partial charge is 0.310 e. The summed E-state index contributed by atoms with van der Waals surface area (Å²) in [5, 5.41) is 9.39. The highest BCUT2D eigenvalue weighted by Crippen LogP contribution is 2.32. The third-order valence-corrected chi connectivity index (χ3v) is 5.38. The average Bonchev–Trinajstić information content (AvgIpc) is 2.83. The highest BCUT2D eigenvalue weighted by Gasteiger charge is 2.40. The first-order valence-electron chi connectivity index (χ1n) is 8.73. The quantitative estimate of drug-likeness (QED) is 0.765. The summed E-state index contributed by atoms with van der Waals surface area (Å²) >= 11 is 0. The van der Waals surface area contributed by atoms with Crippen LogP contribution in [0.1, 0.15) is 58.8 Å². The first-order chi connectivity index (χ1) is 10.2. The van der Waals surface area contributed by atoms with E-state index in [0.717, 1.165) is 12.5 Å². The number of carboxylic acid groups (broad SMARTS) is 1. The van der Waals surface area contributed by atoms with Crippen molar-refractivity contribution in [3.63, 3.8) is 0 Å². The van der Waals surface area contributed by atoms with Crippen LogP contribution in [0.4, 0.5) is 0 Å². The average molecular weight is 297 g/mol. The Hall–Kier alpha value is -0.610. The molecule has 2 rings (SSSR count). The first-order valence-corrected chi connectivity index (χ1v) is 8.73. The lowest BCUT2D eigenvalue weighted by molar-refractivity contribution is -0.143. The molecule has 0 aromatic heterocycles. The molecule has 0 spiro atoms. The van der Waals surface area contributed by atoms with Crippen LogP contribution < -0.4 is 0 Å². The molecule has 0 aromatic rings. The van der Waals surface area contributed by atoms with Crippen molar-refractivity contribution in [2.75, 3.05) is 19.8 Å². The number of aliphatic carboxylic acids is 1. The summed E-state index contributed by atoms with van der Waals surface area (Å²) in [7, 11) is 0. The molecule has 122 valence electrons. The molecular weight excluding hydrogens is 266 g/mol. The van der Waals surface area contributed by atoms with Crippen LogP contribution in [-0.2, 0) is 9.53 Å². The molecule has 1 aliphatic carbocycles. The van der Waals surface area contributed by atoms with Gasteiger partial charge in [0.15, 0.2) is 0 Å². The Labute approximate surface area is 128 Å². The van der Waals surface area contributed by atoms with E-state index in [4.69, 9.17) is 4.74 Å². The second kappa shape index (κ2) is 8.14. The van der Waals surface area contributed by atoms with Gasteiger partial charge in [-0.15, -0.1) is 0 Å². The van der Waals surface area contributed by atoms with Crippen LogP contribution in [0, 0.1) is 11.8 Å². The molecule has 0 bridgehead atoms. The SMILES string of the molecule is CCCC1CCCC(N(CC)C2COCC2C(=O)O)CC1. The molecule has 1 saturated carbocycles. The molecule has 4 nitrogen and oxygen atoms in total. The Kier molecular flexibility index (Phi) is 6.49. The number of ether oxygens (including phenoxy) is 1. The van der Waals surface area contributed by atoms with E-state index in [1.54, 1.807) is 0 Å². The van der Waals surface area contributed by atoms with E-state index in [1.807, 2.05) is 0 Å². The van der Waals surface area contributed by atoms with Gasteiger partial charge >= 0.3 is 5.97 Å². The van der Waals surface area contributed by atoms with E-state index < -0.39 is 5.97 Å². The fraction of sp³-hybridized carbons (Fsp3) is 0.941. The van der Waals surface area contributed by atoms with E-state index in [1.165, 1.54) is 44.9 Å². The van der Waals surface area contributed by atoms with Crippen molar-refractivity contribution < 1.29 is 14.6 Å². The Morgan fingerprint density at radius 1 is 1.19 bits per heavy atom. The van der Waals surface area contributed by atoms with Crippen LogP contribution in [0.25, 0.3) is 0 Å². The standard InChI is InChI=1S/C17H31NO3/c1-3-6-13-7-5-8-14(10-9-13)18(4-2)16-12-21-11-15(16)17(19)20/h13-16H,3-12H2,1-2H3,(H,19,20). The summed E-state index contributed by atoms with van der Waals surface area (Å²) in [5.41, 5.74) is 0. The molecule has 1 heterocycles. The van der Waals surface area contributed by atoms with Crippen LogP contribution >= 0.6 is 0 Å². The van der Waals surface area contributed by atoms with Crippen LogP contribution in [0.2, 0.25) is 0 Å². The Morgan fingerprint density at radius 2 is 2.00 bits per heavy atom. The molecule has 2 fully saturated rings. The zero-order valence-corrected chi connectivity index (χ0v) is 13.6. The minimum atomic E-state index is -0.701. The summed E-state index contributed by atoms with van der Waals surface area (Å²) in [6.07, 6.45) is 9.02.